The highest BCUT2D eigenvalue weighted by Gasteiger charge is 2.30. The number of aromatic nitrogens is 2. The Morgan fingerprint density at radius 2 is 2.10 bits per heavy atom. The molecule has 1 aliphatic carbocycles. The molecule has 2 aromatic rings. The second-order valence-electron chi connectivity index (χ2n) is 5.25. The monoisotopic (exact) mass is 272 g/mol. The number of aromatic carboxylic acids is 1. The molecule has 0 aromatic carbocycles. The Hall–Kier alpha value is -2.17. The predicted octanol–water partition coefficient (Wildman–Crippen LogP) is 3.40. The van der Waals surface area contributed by atoms with Gasteiger partial charge in [0.25, 0.3) is 0 Å². The lowest BCUT2D eigenvalue weighted by Crippen LogP contribution is -2.04. The first kappa shape index (κ1) is 12.8. The molecular weight excluding hydrogens is 256 g/mol. The maximum Gasteiger partial charge on any atom is 0.341 e. The van der Waals surface area contributed by atoms with Gasteiger partial charge in [-0.1, -0.05) is 18.0 Å². The Bertz CT molecular complexity index is 625. The highest BCUT2D eigenvalue weighted by molar-refractivity contribution is 5.95. The number of carboxylic acid groups (broad SMARTS) is 1. The lowest BCUT2D eigenvalue weighted by atomic mass is 9.98. The minimum atomic E-state index is -0.983. The van der Waals surface area contributed by atoms with Crippen LogP contribution in [0.2, 0.25) is 0 Å². The standard InChI is InChI=1S/C15H16N2O3/c1-9-6-7-11(8-16-9)13-12(15(18)19)14(20-17-13)10-4-2-3-5-10/h6-8,10H,2-5H2,1H3,(H,18,19). The number of hydrogen-bond donors (Lipinski definition) is 1. The molecule has 1 N–H and O–H groups in total. The fourth-order valence-electron chi connectivity index (χ4n) is 2.78. The molecule has 104 valence electrons. The van der Waals surface area contributed by atoms with E-state index in [1.165, 1.54) is 0 Å². The van der Waals surface area contributed by atoms with E-state index in [0.717, 1.165) is 31.4 Å². The van der Waals surface area contributed by atoms with Crippen LogP contribution in [0.3, 0.4) is 0 Å². The Kier molecular flexibility index (Phi) is 3.26. The summed E-state index contributed by atoms with van der Waals surface area (Å²) in [6, 6.07) is 3.66. The van der Waals surface area contributed by atoms with Gasteiger partial charge in [-0.2, -0.15) is 0 Å². The van der Waals surface area contributed by atoms with Crippen molar-refractivity contribution in [3.63, 3.8) is 0 Å². The van der Waals surface area contributed by atoms with Crippen molar-refractivity contribution in [3.05, 3.63) is 35.3 Å². The summed E-state index contributed by atoms with van der Waals surface area (Å²) in [6.07, 6.45) is 5.82. The number of pyridine rings is 1. The van der Waals surface area contributed by atoms with Crippen LogP contribution in [0.15, 0.2) is 22.9 Å². The Labute approximate surface area is 116 Å². The molecule has 20 heavy (non-hydrogen) atoms. The third-order valence-corrected chi connectivity index (χ3v) is 3.84. The second kappa shape index (κ2) is 5.07. The van der Waals surface area contributed by atoms with Gasteiger partial charge < -0.3 is 9.63 Å². The van der Waals surface area contributed by atoms with Crippen LogP contribution in [-0.4, -0.2) is 21.2 Å². The van der Waals surface area contributed by atoms with Crippen LogP contribution >= 0.6 is 0 Å². The van der Waals surface area contributed by atoms with Gasteiger partial charge in [-0.3, -0.25) is 4.98 Å². The predicted molar refractivity (Wildman–Crippen MR) is 72.6 cm³/mol. The van der Waals surface area contributed by atoms with Crippen LogP contribution in [0.1, 0.15) is 53.4 Å². The molecule has 0 bridgehead atoms. The quantitative estimate of drug-likeness (QED) is 0.926. The third-order valence-electron chi connectivity index (χ3n) is 3.84. The minimum absolute atomic E-state index is 0.181. The summed E-state index contributed by atoms with van der Waals surface area (Å²) in [5, 5.41) is 13.5. The molecule has 1 aliphatic rings. The van der Waals surface area contributed by atoms with E-state index in [4.69, 9.17) is 4.52 Å². The summed E-state index contributed by atoms with van der Waals surface area (Å²) in [4.78, 5) is 15.8. The van der Waals surface area contributed by atoms with Crippen LogP contribution in [0, 0.1) is 6.92 Å². The number of carbonyl (C=O) groups is 1. The molecule has 0 atom stereocenters. The molecule has 2 aromatic heterocycles. The maximum absolute atomic E-state index is 11.6. The van der Waals surface area contributed by atoms with Crippen molar-refractivity contribution in [2.45, 2.75) is 38.5 Å². The van der Waals surface area contributed by atoms with Crippen LogP contribution in [0.4, 0.5) is 0 Å². The second-order valence-corrected chi connectivity index (χ2v) is 5.25. The van der Waals surface area contributed by atoms with Crippen LogP contribution < -0.4 is 0 Å². The molecule has 0 amide bonds. The summed E-state index contributed by atoms with van der Waals surface area (Å²) >= 11 is 0. The van der Waals surface area contributed by atoms with Crippen molar-refractivity contribution in [1.29, 1.82) is 0 Å². The van der Waals surface area contributed by atoms with E-state index in [0.29, 0.717) is 17.0 Å². The van der Waals surface area contributed by atoms with E-state index in [-0.39, 0.29) is 11.5 Å². The smallest absolute Gasteiger partial charge is 0.341 e. The van der Waals surface area contributed by atoms with E-state index < -0.39 is 5.97 Å². The van der Waals surface area contributed by atoms with Crippen molar-refractivity contribution < 1.29 is 14.4 Å². The summed E-state index contributed by atoms with van der Waals surface area (Å²) < 4.78 is 5.37. The van der Waals surface area contributed by atoms with E-state index >= 15 is 0 Å². The van der Waals surface area contributed by atoms with Crippen molar-refractivity contribution in [1.82, 2.24) is 10.1 Å². The van der Waals surface area contributed by atoms with Gasteiger partial charge in [-0.25, -0.2) is 4.79 Å². The molecule has 5 heteroatoms. The van der Waals surface area contributed by atoms with Gasteiger partial charge in [0.1, 0.15) is 11.3 Å². The van der Waals surface area contributed by atoms with E-state index in [9.17, 15) is 9.90 Å². The summed E-state index contributed by atoms with van der Waals surface area (Å²) in [6.45, 7) is 1.88. The topological polar surface area (TPSA) is 76.2 Å². The van der Waals surface area contributed by atoms with Gasteiger partial charge >= 0.3 is 5.97 Å². The Morgan fingerprint density at radius 1 is 1.35 bits per heavy atom. The fraction of sp³-hybridized carbons (Fsp3) is 0.400. The molecule has 0 radical (unpaired) electrons. The van der Waals surface area contributed by atoms with Crippen molar-refractivity contribution in [3.8, 4) is 11.3 Å². The summed E-state index contributed by atoms with van der Waals surface area (Å²) in [5.41, 5.74) is 2.14. The highest BCUT2D eigenvalue weighted by Crippen LogP contribution is 2.38. The van der Waals surface area contributed by atoms with Crippen molar-refractivity contribution in [2.24, 2.45) is 0 Å². The third kappa shape index (κ3) is 2.19. The molecule has 0 spiro atoms. The largest absolute Gasteiger partial charge is 0.477 e. The molecule has 5 nitrogen and oxygen atoms in total. The van der Waals surface area contributed by atoms with Gasteiger partial charge in [-0.05, 0) is 31.9 Å². The Balaban J connectivity index is 2.07. The minimum Gasteiger partial charge on any atom is -0.477 e. The number of nitrogens with zero attached hydrogens (tertiary/aromatic N) is 2. The molecule has 1 saturated carbocycles. The van der Waals surface area contributed by atoms with E-state index in [1.807, 2.05) is 19.1 Å². The van der Waals surface area contributed by atoms with Gasteiger partial charge in [0.05, 0.1) is 0 Å². The molecule has 3 rings (SSSR count). The van der Waals surface area contributed by atoms with E-state index in [2.05, 4.69) is 10.1 Å². The van der Waals surface area contributed by atoms with E-state index in [1.54, 1.807) is 6.20 Å². The van der Waals surface area contributed by atoms with Gasteiger partial charge in [0.15, 0.2) is 5.76 Å². The molecular formula is C15H16N2O3. The molecule has 1 fully saturated rings. The lowest BCUT2D eigenvalue weighted by Gasteiger charge is -2.05. The fourth-order valence-corrected chi connectivity index (χ4v) is 2.78. The molecule has 0 unspecified atom stereocenters. The zero-order valence-electron chi connectivity index (χ0n) is 11.3. The number of carboxylic acids is 1. The Morgan fingerprint density at radius 3 is 2.70 bits per heavy atom. The first-order valence-electron chi connectivity index (χ1n) is 6.82. The summed E-state index contributed by atoms with van der Waals surface area (Å²) in [5.74, 6) is -0.282. The van der Waals surface area contributed by atoms with Crippen molar-refractivity contribution >= 4 is 5.97 Å². The van der Waals surface area contributed by atoms with Crippen LogP contribution in [0.5, 0.6) is 0 Å². The highest BCUT2D eigenvalue weighted by atomic mass is 16.5. The lowest BCUT2D eigenvalue weighted by molar-refractivity contribution is 0.0694. The van der Waals surface area contributed by atoms with Gasteiger partial charge in [0.2, 0.25) is 0 Å². The SMILES string of the molecule is Cc1ccc(-c2noc(C3CCCC3)c2C(=O)O)cn1. The average molecular weight is 272 g/mol. The van der Waals surface area contributed by atoms with Crippen molar-refractivity contribution in [2.75, 3.05) is 0 Å². The number of aryl methyl sites for hydroxylation is 1. The molecule has 0 saturated heterocycles. The first-order chi connectivity index (χ1) is 9.66. The molecule has 0 aliphatic heterocycles. The normalized spacial score (nSPS) is 15.7. The zero-order chi connectivity index (χ0) is 14.1. The van der Waals surface area contributed by atoms with Gasteiger partial charge in [0, 0.05) is 23.4 Å². The first-order valence-corrected chi connectivity index (χ1v) is 6.82. The average Bonchev–Trinajstić information content (AvgIpc) is 3.08. The van der Waals surface area contributed by atoms with Crippen LogP contribution in [0.25, 0.3) is 11.3 Å². The van der Waals surface area contributed by atoms with Gasteiger partial charge in [-0.15, -0.1) is 0 Å². The molecule has 2 heterocycles. The summed E-state index contributed by atoms with van der Waals surface area (Å²) in [7, 11) is 0. The zero-order valence-corrected chi connectivity index (χ0v) is 11.3. The van der Waals surface area contributed by atoms with Crippen LogP contribution in [-0.2, 0) is 0 Å². The maximum atomic E-state index is 11.6. The number of rotatable bonds is 3. The number of hydrogen-bond acceptors (Lipinski definition) is 4.